The van der Waals surface area contributed by atoms with Crippen molar-refractivity contribution >= 4 is 29.9 Å². The average molecular weight is 447 g/mol. The maximum Gasteiger partial charge on any atom is 0.193 e. The summed E-state index contributed by atoms with van der Waals surface area (Å²) in [6, 6.07) is 6.32. The van der Waals surface area contributed by atoms with Crippen LogP contribution in [0.3, 0.4) is 0 Å². The third kappa shape index (κ3) is 5.81. The van der Waals surface area contributed by atoms with Gasteiger partial charge in [0, 0.05) is 39.7 Å². The van der Waals surface area contributed by atoms with Crippen LogP contribution in [0.5, 0.6) is 5.75 Å². The topological polar surface area (TPSA) is 46.1 Å². The first-order chi connectivity index (χ1) is 11.2. The molecule has 1 saturated heterocycles. The number of guanidine groups is 1. The zero-order chi connectivity index (χ0) is 16.7. The zero-order valence-corrected chi connectivity index (χ0v) is 17.5. The van der Waals surface area contributed by atoms with Gasteiger partial charge >= 0.3 is 0 Å². The van der Waals surface area contributed by atoms with Crippen LogP contribution in [0.25, 0.3) is 0 Å². The summed E-state index contributed by atoms with van der Waals surface area (Å²) in [5.41, 5.74) is 2.40. The lowest BCUT2D eigenvalue weighted by Gasteiger charge is -2.22. The second-order valence-electron chi connectivity index (χ2n) is 5.99. The molecule has 0 bridgehead atoms. The van der Waals surface area contributed by atoms with Crippen molar-refractivity contribution in [3.63, 3.8) is 0 Å². The summed E-state index contributed by atoms with van der Waals surface area (Å²) in [4.78, 5) is 6.73. The molecule has 1 aliphatic rings. The minimum Gasteiger partial charge on any atom is -0.494 e. The standard InChI is InChI=1S/C18H29N3O2.HI/c1-5-23-17-7-6-15(10-14(17)2)11-20-18(19-3)21-9-8-16(12-21)13-22-4;/h6-7,10,16H,5,8-9,11-13H2,1-4H3,(H,19,20);1H. The van der Waals surface area contributed by atoms with E-state index in [9.17, 15) is 0 Å². The van der Waals surface area contributed by atoms with E-state index in [1.807, 2.05) is 20.0 Å². The normalized spacial score (nSPS) is 17.6. The van der Waals surface area contributed by atoms with Crippen LogP contribution in [0.2, 0.25) is 0 Å². The molecule has 0 aliphatic carbocycles. The first-order valence-corrected chi connectivity index (χ1v) is 8.34. The number of hydrogen-bond acceptors (Lipinski definition) is 3. The Morgan fingerprint density at radius 2 is 2.21 bits per heavy atom. The quantitative estimate of drug-likeness (QED) is 0.414. The maximum absolute atomic E-state index is 5.59. The van der Waals surface area contributed by atoms with Gasteiger partial charge in [-0.15, -0.1) is 24.0 Å². The second-order valence-corrected chi connectivity index (χ2v) is 5.99. The monoisotopic (exact) mass is 447 g/mol. The number of aliphatic imine (C=N–C) groups is 1. The molecule has 0 aromatic heterocycles. The molecule has 5 nitrogen and oxygen atoms in total. The molecule has 1 aliphatic heterocycles. The Morgan fingerprint density at radius 1 is 1.42 bits per heavy atom. The smallest absolute Gasteiger partial charge is 0.193 e. The van der Waals surface area contributed by atoms with E-state index in [1.54, 1.807) is 7.11 Å². The van der Waals surface area contributed by atoms with Crippen molar-refractivity contribution in [3.8, 4) is 5.75 Å². The molecule has 24 heavy (non-hydrogen) atoms. The number of benzene rings is 1. The lowest BCUT2D eigenvalue weighted by molar-refractivity contribution is 0.157. The Morgan fingerprint density at radius 3 is 2.83 bits per heavy atom. The van der Waals surface area contributed by atoms with Crippen LogP contribution in [-0.2, 0) is 11.3 Å². The summed E-state index contributed by atoms with van der Waals surface area (Å²) >= 11 is 0. The van der Waals surface area contributed by atoms with Gasteiger partial charge in [0.05, 0.1) is 13.2 Å². The highest BCUT2D eigenvalue weighted by Gasteiger charge is 2.24. The van der Waals surface area contributed by atoms with Crippen LogP contribution >= 0.6 is 24.0 Å². The van der Waals surface area contributed by atoms with Crippen molar-refractivity contribution in [2.75, 3.05) is 40.5 Å². The Kier molecular flexibility index (Phi) is 9.43. The number of aryl methyl sites for hydroxylation is 1. The van der Waals surface area contributed by atoms with E-state index < -0.39 is 0 Å². The molecule has 1 aromatic carbocycles. The van der Waals surface area contributed by atoms with Crippen molar-refractivity contribution in [1.82, 2.24) is 10.2 Å². The van der Waals surface area contributed by atoms with E-state index >= 15 is 0 Å². The fraction of sp³-hybridized carbons (Fsp3) is 0.611. The Hall–Kier alpha value is -1.02. The fourth-order valence-electron chi connectivity index (χ4n) is 3.05. The van der Waals surface area contributed by atoms with E-state index in [2.05, 4.69) is 34.3 Å². The first-order valence-electron chi connectivity index (χ1n) is 8.34. The molecule has 0 radical (unpaired) electrons. The van der Waals surface area contributed by atoms with Gasteiger partial charge < -0.3 is 19.7 Å². The predicted octanol–water partition coefficient (Wildman–Crippen LogP) is 3.06. The van der Waals surface area contributed by atoms with Crippen molar-refractivity contribution in [1.29, 1.82) is 0 Å². The summed E-state index contributed by atoms with van der Waals surface area (Å²) in [6.45, 7) is 8.43. The van der Waals surface area contributed by atoms with Gasteiger partial charge in [0.25, 0.3) is 0 Å². The number of nitrogens with one attached hydrogen (secondary N) is 1. The Bertz CT molecular complexity index is 537. The van der Waals surface area contributed by atoms with Crippen molar-refractivity contribution in [3.05, 3.63) is 29.3 Å². The molecule has 1 N–H and O–H groups in total. The third-order valence-electron chi connectivity index (χ3n) is 4.19. The molecular formula is C18H30IN3O2. The van der Waals surface area contributed by atoms with E-state index in [0.717, 1.165) is 44.4 Å². The summed E-state index contributed by atoms with van der Waals surface area (Å²) in [5.74, 6) is 2.53. The number of hydrogen-bond donors (Lipinski definition) is 1. The van der Waals surface area contributed by atoms with Crippen LogP contribution in [0, 0.1) is 12.8 Å². The van der Waals surface area contributed by atoms with Crippen LogP contribution < -0.4 is 10.1 Å². The third-order valence-corrected chi connectivity index (χ3v) is 4.19. The lowest BCUT2D eigenvalue weighted by Crippen LogP contribution is -2.39. The zero-order valence-electron chi connectivity index (χ0n) is 15.2. The van der Waals surface area contributed by atoms with Gasteiger partial charge in [0.1, 0.15) is 5.75 Å². The fourth-order valence-corrected chi connectivity index (χ4v) is 3.05. The van der Waals surface area contributed by atoms with E-state index in [4.69, 9.17) is 9.47 Å². The number of likely N-dealkylation sites (tertiary alicyclic amines) is 1. The van der Waals surface area contributed by atoms with Gasteiger partial charge in [-0.25, -0.2) is 0 Å². The highest BCUT2D eigenvalue weighted by molar-refractivity contribution is 14.0. The van der Waals surface area contributed by atoms with Gasteiger partial charge in [-0.1, -0.05) is 12.1 Å². The molecule has 6 heteroatoms. The Labute approximate surface area is 162 Å². The number of halogens is 1. The second kappa shape index (κ2) is 10.8. The van der Waals surface area contributed by atoms with E-state index in [1.165, 1.54) is 11.1 Å². The SMILES string of the molecule is CCOc1ccc(CNC(=NC)N2CCC(COC)C2)cc1C.I. The van der Waals surface area contributed by atoms with E-state index in [-0.39, 0.29) is 24.0 Å². The number of rotatable bonds is 6. The largest absolute Gasteiger partial charge is 0.494 e. The first kappa shape index (κ1) is 21.0. The molecular weight excluding hydrogens is 417 g/mol. The predicted molar refractivity (Wildman–Crippen MR) is 110 cm³/mol. The maximum atomic E-state index is 5.59. The lowest BCUT2D eigenvalue weighted by atomic mass is 10.1. The average Bonchev–Trinajstić information content (AvgIpc) is 2.99. The number of methoxy groups -OCH3 is 1. The van der Waals surface area contributed by atoms with Crippen molar-refractivity contribution < 1.29 is 9.47 Å². The van der Waals surface area contributed by atoms with Gasteiger partial charge in [0.15, 0.2) is 5.96 Å². The van der Waals surface area contributed by atoms with Crippen molar-refractivity contribution in [2.24, 2.45) is 10.9 Å². The molecule has 1 unspecified atom stereocenters. The minimum absolute atomic E-state index is 0. The van der Waals surface area contributed by atoms with Gasteiger partial charge in [-0.3, -0.25) is 4.99 Å². The van der Waals surface area contributed by atoms with E-state index in [0.29, 0.717) is 12.5 Å². The molecule has 136 valence electrons. The van der Waals surface area contributed by atoms with Crippen LogP contribution in [0.1, 0.15) is 24.5 Å². The highest BCUT2D eigenvalue weighted by Crippen LogP contribution is 2.19. The highest BCUT2D eigenvalue weighted by atomic mass is 127. The molecule has 0 amide bonds. The van der Waals surface area contributed by atoms with Gasteiger partial charge in [-0.2, -0.15) is 0 Å². The van der Waals surface area contributed by atoms with Crippen LogP contribution in [0.15, 0.2) is 23.2 Å². The molecule has 1 aromatic rings. The summed E-state index contributed by atoms with van der Waals surface area (Å²) in [5, 5.41) is 3.46. The summed E-state index contributed by atoms with van der Waals surface area (Å²) in [7, 11) is 3.61. The molecule has 1 fully saturated rings. The summed E-state index contributed by atoms with van der Waals surface area (Å²) in [6.07, 6.45) is 1.16. The summed E-state index contributed by atoms with van der Waals surface area (Å²) < 4.78 is 10.9. The molecule has 1 heterocycles. The Balaban J connectivity index is 0.00000288. The number of ether oxygens (including phenoxy) is 2. The molecule has 0 spiro atoms. The molecule has 1 atom stereocenters. The number of nitrogens with zero attached hydrogens (tertiary/aromatic N) is 2. The van der Waals surface area contributed by atoms with Crippen LogP contribution in [0.4, 0.5) is 0 Å². The minimum atomic E-state index is 0. The van der Waals surface area contributed by atoms with Gasteiger partial charge in [0.2, 0.25) is 0 Å². The van der Waals surface area contributed by atoms with Gasteiger partial charge in [-0.05, 0) is 37.5 Å². The van der Waals surface area contributed by atoms with Crippen LogP contribution in [-0.4, -0.2) is 51.3 Å². The molecule has 0 saturated carbocycles. The molecule has 2 rings (SSSR count). The van der Waals surface area contributed by atoms with Crippen molar-refractivity contribution in [2.45, 2.75) is 26.8 Å².